The summed E-state index contributed by atoms with van der Waals surface area (Å²) in [6.45, 7) is 5.57. The van der Waals surface area contributed by atoms with Gasteiger partial charge in [0.2, 0.25) is 0 Å². The largest absolute Gasteiger partial charge is 0.461 e. The van der Waals surface area contributed by atoms with Crippen LogP contribution < -0.4 is 0 Å². The number of aromatic nitrogens is 3. The van der Waals surface area contributed by atoms with Gasteiger partial charge in [0.1, 0.15) is 18.2 Å². The maximum Gasteiger partial charge on any atom is 0.360 e. The highest BCUT2D eigenvalue weighted by Crippen LogP contribution is 2.46. The molecule has 0 spiro atoms. The Kier molecular flexibility index (Phi) is 3.24. The van der Waals surface area contributed by atoms with Crippen LogP contribution in [0.25, 0.3) is 0 Å². The summed E-state index contributed by atoms with van der Waals surface area (Å²) in [6.07, 6.45) is -2.08. The number of hydrogen-bond donors (Lipinski definition) is 1. The molecule has 23 heavy (non-hydrogen) atoms. The Bertz CT molecular complexity index is 644. The van der Waals surface area contributed by atoms with Crippen molar-refractivity contribution in [3.8, 4) is 0 Å². The summed E-state index contributed by atoms with van der Waals surface area (Å²) >= 11 is 0. The summed E-state index contributed by atoms with van der Waals surface area (Å²) < 4.78 is 24.0. The van der Waals surface area contributed by atoms with E-state index in [1.54, 1.807) is 25.5 Å². The molecule has 1 N–H and O–H groups in total. The standard InChI is InChI=1S/C14H19N3O6/c1-4-20-12(19)8-6-5-7(18)10-9(17(6)16-15-8)11-13(21-10)23-14(2,3)22-11/h7,9-11,13,18H,4-5H2,1-3H3/t7-,9-,10-,11+,13+/m0/s1. The lowest BCUT2D eigenvalue weighted by molar-refractivity contribution is -0.221. The third kappa shape index (κ3) is 2.18. The van der Waals surface area contributed by atoms with Crippen molar-refractivity contribution >= 4 is 5.97 Å². The number of fused-ring (bicyclic) bond motifs is 5. The zero-order valence-electron chi connectivity index (χ0n) is 13.1. The van der Waals surface area contributed by atoms with Crippen molar-refractivity contribution in [1.29, 1.82) is 0 Å². The highest BCUT2D eigenvalue weighted by atomic mass is 16.8. The van der Waals surface area contributed by atoms with Crippen molar-refractivity contribution in [2.45, 2.75) is 63.6 Å². The maximum absolute atomic E-state index is 12.0. The first-order chi connectivity index (χ1) is 10.9. The Morgan fingerprint density at radius 1 is 1.43 bits per heavy atom. The predicted molar refractivity (Wildman–Crippen MR) is 73.4 cm³/mol. The molecular weight excluding hydrogens is 306 g/mol. The van der Waals surface area contributed by atoms with Crippen LogP contribution in [-0.2, 0) is 25.4 Å². The van der Waals surface area contributed by atoms with Gasteiger partial charge in [-0.2, -0.15) is 0 Å². The summed E-state index contributed by atoms with van der Waals surface area (Å²) in [5, 5.41) is 18.4. The average Bonchev–Trinajstić information content (AvgIpc) is 3.09. The number of nitrogens with zero attached hydrogens (tertiary/aromatic N) is 3. The summed E-state index contributed by atoms with van der Waals surface area (Å²) in [6, 6.07) is -0.392. The van der Waals surface area contributed by atoms with Gasteiger partial charge in [-0.05, 0) is 20.8 Å². The van der Waals surface area contributed by atoms with E-state index in [2.05, 4.69) is 10.3 Å². The van der Waals surface area contributed by atoms with Gasteiger partial charge in [-0.1, -0.05) is 5.21 Å². The molecule has 126 valence electrons. The molecule has 3 aliphatic heterocycles. The molecule has 0 saturated carbocycles. The molecule has 9 nitrogen and oxygen atoms in total. The third-order valence-corrected chi connectivity index (χ3v) is 4.38. The molecule has 0 amide bonds. The Hall–Kier alpha value is -1.55. The summed E-state index contributed by atoms with van der Waals surface area (Å²) in [4.78, 5) is 12.0. The van der Waals surface area contributed by atoms with Crippen LogP contribution in [0.15, 0.2) is 0 Å². The van der Waals surface area contributed by atoms with Gasteiger partial charge in [0.15, 0.2) is 17.8 Å². The van der Waals surface area contributed by atoms with Gasteiger partial charge in [-0.25, -0.2) is 9.48 Å². The van der Waals surface area contributed by atoms with Crippen LogP contribution in [0.3, 0.4) is 0 Å². The number of carbonyl (C=O) groups excluding carboxylic acids is 1. The second kappa shape index (κ2) is 4.97. The summed E-state index contributed by atoms with van der Waals surface area (Å²) in [5.41, 5.74) is 0.667. The number of esters is 1. The minimum atomic E-state index is -0.792. The van der Waals surface area contributed by atoms with Gasteiger partial charge >= 0.3 is 5.97 Å². The molecule has 0 bridgehead atoms. The van der Waals surface area contributed by atoms with Crippen molar-refractivity contribution in [2.75, 3.05) is 6.61 Å². The smallest absolute Gasteiger partial charge is 0.360 e. The van der Waals surface area contributed by atoms with Gasteiger partial charge < -0.3 is 24.1 Å². The lowest BCUT2D eigenvalue weighted by atomic mass is 9.94. The number of aliphatic hydroxyl groups is 1. The number of carbonyl (C=O) groups is 1. The Labute approximate surface area is 132 Å². The van der Waals surface area contributed by atoms with Crippen LogP contribution in [0.1, 0.15) is 43.0 Å². The molecule has 0 aromatic carbocycles. The Morgan fingerprint density at radius 2 is 2.22 bits per heavy atom. The topological polar surface area (TPSA) is 105 Å². The van der Waals surface area contributed by atoms with E-state index < -0.39 is 42.4 Å². The molecule has 4 rings (SSSR count). The second-order valence-electron chi connectivity index (χ2n) is 6.38. The van der Waals surface area contributed by atoms with E-state index in [-0.39, 0.29) is 18.7 Å². The van der Waals surface area contributed by atoms with Crippen molar-refractivity contribution in [3.63, 3.8) is 0 Å². The van der Waals surface area contributed by atoms with Gasteiger partial charge in [0.25, 0.3) is 0 Å². The first kappa shape index (κ1) is 15.0. The molecule has 0 aliphatic carbocycles. The lowest BCUT2D eigenvalue weighted by Crippen LogP contribution is -2.44. The van der Waals surface area contributed by atoms with E-state index in [4.69, 9.17) is 18.9 Å². The van der Waals surface area contributed by atoms with Gasteiger partial charge in [-0.15, -0.1) is 5.10 Å². The van der Waals surface area contributed by atoms with E-state index in [1.165, 1.54) is 0 Å². The minimum absolute atomic E-state index is 0.131. The van der Waals surface area contributed by atoms with E-state index >= 15 is 0 Å². The fourth-order valence-corrected chi connectivity index (χ4v) is 3.53. The fourth-order valence-electron chi connectivity index (χ4n) is 3.53. The van der Waals surface area contributed by atoms with E-state index in [9.17, 15) is 9.90 Å². The highest BCUT2D eigenvalue weighted by molar-refractivity contribution is 5.88. The second-order valence-corrected chi connectivity index (χ2v) is 6.38. The van der Waals surface area contributed by atoms with E-state index in [1.807, 2.05) is 0 Å². The monoisotopic (exact) mass is 325 g/mol. The Morgan fingerprint density at radius 3 is 2.96 bits per heavy atom. The molecule has 9 heteroatoms. The molecular formula is C14H19N3O6. The zero-order valence-corrected chi connectivity index (χ0v) is 13.1. The number of rotatable bonds is 2. The van der Waals surface area contributed by atoms with Crippen LogP contribution >= 0.6 is 0 Å². The molecule has 1 aromatic heterocycles. The average molecular weight is 325 g/mol. The van der Waals surface area contributed by atoms with Crippen LogP contribution in [0.2, 0.25) is 0 Å². The first-order valence-corrected chi connectivity index (χ1v) is 7.71. The molecule has 0 unspecified atom stereocenters. The van der Waals surface area contributed by atoms with Crippen LogP contribution in [0, 0.1) is 0 Å². The number of ether oxygens (including phenoxy) is 4. The minimum Gasteiger partial charge on any atom is -0.461 e. The molecule has 3 aliphatic rings. The lowest BCUT2D eigenvalue weighted by Gasteiger charge is -2.33. The number of aliphatic hydroxyl groups excluding tert-OH is 1. The quantitative estimate of drug-likeness (QED) is 0.745. The third-order valence-electron chi connectivity index (χ3n) is 4.38. The highest BCUT2D eigenvalue weighted by Gasteiger charge is 2.59. The van der Waals surface area contributed by atoms with Crippen molar-refractivity contribution in [3.05, 3.63) is 11.4 Å². The van der Waals surface area contributed by atoms with Crippen molar-refractivity contribution in [1.82, 2.24) is 15.0 Å². The summed E-state index contributed by atoms with van der Waals surface area (Å²) in [5.74, 6) is -1.31. The molecule has 5 atom stereocenters. The van der Waals surface area contributed by atoms with Crippen LogP contribution in [0.5, 0.6) is 0 Å². The van der Waals surface area contributed by atoms with Crippen LogP contribution in [-0.4, -0.2) is 63.1 Å². The molecule has 2 saturated heterocycles. The molecule has 1 aromatic rings. The maximum atomic E-state index is 12.0. The van der Waals surface area contributed by atoms with E-state index in [0.717, 1.165) is 0 Å². The van der Waals surface area contributed by atoms with Gasteiger partial charge in [0.05, 0.1) is 18.4 Å². The number of hydrogen-bond acceptors (Lipinski definition) is 8. The van der Waals surface area contributed by atoms with E-state index in [0.29, 0.717) is 5.69 Å². The van der Waals surface area contributed by atoms with Gasteiger partial charge in [0, 0.05) is 6.42 Å². The predicted octanol–water partition coefficient (Wildman–Crippen LogP) is -0.211. The zero-order chi connectivity index (χ0) is 16.4. The fraction of sp³-hybridized carbons (Fsp3) is 0.786. The molecule has 0 radical (unpaired) electrons. The van der Waals surface area contributed by atoms with Gasteiger partial charge in [-0.3, -0.25) is 0 Å². The first-order valence-electron chi connectivity index (χ1n) is 7.71. The Balaban J connectivity index is 1.71. The van der Waals surface area contributed by atoms with Crippen molar-refractivity contribution in [2.24, 2.45) is 0 Å². The normalized spacial score (nSPS) is 37.1. The van der Waals surface area contributed by atoms with Crippen molar-refractivity contribution < 1.29 is 28.8 Å². The van der Waals surface area contributed by atoms with Crippen LogP contribution in [0.4, 0.5) is 0 Å². The molecule has 4 heterocycles. The molecule has 2 fully saturated rings. The SMILES string of the molecule is CCOC(=O)c1nnn2c1C[C@H](O)[C@@H]1O[C@@H]3OC(C)(C)O[C@@H]3[C@H]12. The summed E-state index contributed by atoms with van der Waals surface area (Å²) in [7, 11) is 0.